The van der Waals surface area contributed by atoms with Gasteiger partial charge < -0.3 is 22.8 Å². The summed E-state index contributed by atoms with van der Waals surface area (Å²) in [6, 6.07) is 121. The molecule has 0 bridgehead atoms. The molecular formula is C117H107N5. The first-order chi connectivity index (χ1) is 60.4. The lowest BCUT2D eigenvalue weighted by atomic mass is 9.81. The first-order valence-corrected chi connectivity index (χ1v) is 43.1. The molecule has 0 unspecified atom stereocenters. The minimum atomic E-state index is -0.173. The summed E-state index contributed by atoms with van der Waals surface area (Å²) < 4.78 is 46.3. The van der Waals surface area contributed by atoms with E-state index in [1.807, 2.05) is 30.3 Å². The van der Waals surface area contributed by atoms with E-state index < -0.39 is 0 Å². The van der Waals surface area contributed by atoms with Crippen LogP contribution in [0.2, 0.25) is 0 Å². The minimum absolute atomic E-state index is 0.0481. The summed E-state index contributed by atoms with van der Waals surface area (Å²) in [5, 5.41) is 12.5. The maximum absolute atomic E-state index is 8.81. The molecule has 21 rings (SSSR count). The highest BCUT2D eigenvalue weighted by Crippen LogP contribution is 2.51. The fourth-order valence-electron chi connectivity index (χ4n) is 19.4. The third-order valence-corrected chi connectivity index (χ3v) is 24.8. The van der Waals surface area contributed by atoms with Crippen LogP contribution in [-0.2, 0) is 27.1 Å². The Labute approximate surface area is 723 Å². The molecule has 0 aliphatic carbocycles. The lowest BCUT2D eigenvalue weighted by Gasteiger charge is -2.26. The normalized spacial score (nSPS) is 12.9. The number of fused-ring (bicyclic) bond motifs is 15. The second-order valence-electron chi connectivity index (χ2n) is 38.2. The van der Waals surface area contributed by atoms with Crippen LogP contribution in [0.3, 0.4) is 0 Å². The van der Waals surface area contributed by atoms with Gasteiger partial charge in [0.05, 0.1) is 72.0 Å². The van der Waals surface area contributed by atoms with Crippen LogP contribution >= 0.6 is 0 Å². The molecule has 0 spiro atoms. The molecule has 0 radical (unpaired) electrons. The summed E-state index contributed by atoms with van der Waals surface area (Å²) in [5.74, 6) is 0. The van der Waals surface area contributed by atoms with Crippen LogP contribution in [0.1, 0.15) is 143 Å². The van der Waals surface area contributed by atoms with Crippen molar-refractivity contribution in [1.82, 2.24) is 22.8 Å². The van der Waals surface area contributed by atoms with Gasteiger partial charge in [-0.05, 0) is 217 Å². The maximum Gasteiger partial charge on any atom is 0.0632 e. The predicted molar refractivity (Wildman–Crippen MR) is 526 cm³/mol. The van der Waals surface area contributed by atoms with Crippen molar-refractivity contribution in [3.8, 4) is 61.8 Å². The average Bonchev–Trinajstić information content (AvgIpc) is 1.54. The van der Waals surface area contributed by atoms with Gasteiger partial charge >= 0.3 is 0 Å². The monoisotopic (exact) mass is 1590 g/mol. The maximum atomic E-state index is 8.81. The summed E-state index contributed by atoms with van der Waals surface area (Å²) in [4.78, 5) is 0. The molecule has 0 N–H and O–H groups in total. The zero-order chi connectivity index (χ0) is 87.9. The SMILES string of the molecule is CC(C)(C)c1c(-n2c3ccccc3c3ccccc32)ccc2c1c1c(-c3ccccc3)cccc1n2-c1ccccc1.CC(C)(C)c1ccc2c(c1)c1cc(C(C)(C)C)ccc1n2-c1ccc2c(c1C(C)(C)C)c1c(-c3ccccc3)cccc1n2-c1ccccc1.[2H]c1c([2H])c(C)c([2H])c(-c2cccc3c2c2c(C(C)(C)C)cccc2n3-c2ccccc2)c1[2H]. The average molecular weight is 1590 g/mol. The van der Waals surface area contributed by atoms with E-state index in [1.165, 1.54) is 160 Å². The molecule has 0 fully saturated rings. The highest BCUT2D eigenvalue weighted by molar-refractivity contribution is 6.22. The van der Waals surface area contributed by atoms with Crippen LogP contribution in [0, 0.1) is 6.92 Å². The van der Waals surface area contributed by atoms with Crippen molar-refractivity contribution < 1.29 is 5.48 Å². The Kier molecular flexibility index (Phi) is 18.1. The van der Waals surface area contributed by atoms with E-state index in [0.717, 1.165) is 33.1 Å². The quantitative estimate of drug-likeness (QED) is 0.145. The first kappa shape index (κ1) is 73.6. The van der Waals surface area contributed by atoms with E-state index in [-0.39, 0.29) is 51.2 Å². The minimum Gasteiger partial charge on any atom is -0.309 e. The molecule has 122 heavy (non-hydrogen) atoms. The number of hydrogen-bond donors (Lipinski definition) is 0. The Bertz CT molecular complexity index is 7700. The molecule has 0 aliphatic heterocycles. The Morgan fingerprint density at radius 1 is 0.230 bits per heavy atom. The Morgan fingerprint density at radius 3 is 0.918 bits per heavy atom. The molecule has 0 saturated heterocycles. The van der Waals surface area contributed by atoms with E-state index in [0.29, 0.717) is 11.1 Å². The Balaban J connectivity index is 0.000000126. The van der Waals surface area contributed by atoms with Gasteiger partial charge in [0.15, 0.2) is 0 Å². The second kappa shape index (κ2) is 30.0. The Morgan fingerprint density at radius 2 is 0.541 bits per heavy atom. The first-order valence-electron chi connectivity index (χ1n) is 45.1. The third kappa shape index (κ3) is 13.5. The van der Waals surface area contributed by atoms with Crippen molar-refractivity contribution in [2.45, 2.75) is 138 Å². The molecule has 0 atom stereocenters. The lowest BCUT2D eigenvalue weighted by molar-refractivity contribution is 0.590. The van der Waals surface area contributed by atoms with E-state index >= 15 is 0 Å². The standard InChI is InChI=1S/C48H48N2.C40H32N2.C29H27N/c1-46(2,3)32-23-25-38-36(29-32)37-30-33(47(4,5)6)24-26-39(37)50(38)42-28-27-41-44(45(42)48(7,8)9)43-35(31-17-12-10-13-18-31)21-16-22-40(43)49(41)34-19-14-11-15-20-34;1-40(2,3)39-36(42-32-22-12-10-19-30(32)31-20-11-13-23-33(31)42)26-25-35-38(39)37-29(27-15-6-4-7-16-27)21-14-24-34(37)41(35)28-17-8-5-9-18-28;1-20-11-8-12-21(19-20)23-15-9-17-25-27(23)28-24(29(2,3)4)16-10-18-26(28)30(25)22-13-6-5-7-14-22/h10-30H,1-9H3;4-26H,1-3H3;5-19H,1-4H3/i;;8D,11D,12D,19D. The lowest BCUT2D eigenvalue weighted by Crippen LogP contribution is -2.16. The Hall–Kier alpha value is -13.5. The van der Waals surface area contributed by atoms with Crippen molar-refractivity contribution in [2.24, 2.45) is 0 Å². The summed E-state index contributed by atoms with van der Waals surface area (Å²) >= 11 is 0. The zero-order valence-corrected chi connectivity index (χ0v) is 73.0. The van der Waals surface area contributed by atoms with E-state index in [9.17, 15) is 0 Å². The van der Waals surface area contributed by atoms with Gasteiger partial charge in [0.2, 0.25) is 0 Å². The molecule has 21 aromatic rings. The number of para-hydroxylation sites is 5. The van der Waals surface area contributed by atoms with Crippen LogP contribution in [0.5, 0.6) is 0 Å². The van der Waals surface area contributed by atoms with Crippen molar-refractivity contribution in [2.75, 3.05) is 0 Å². The van der Waals surface area contributed by atoms with Crippen molar-refractivity contribution in [3.05, 3.63) is 391 Å². The van der Waals surface area contributed by atoms with Gasteiger partial charge in [-0.15, -0.1) is 0 Å². The van der Waals surface area contributed by atoms with Crippen LogP contribution in [0.4, 0.5) is 0 Å². The summed E-state index contributed by atoms with van der Waals surface area (Å²) in [5.41, 5.74) is 30.7. The fraction of sp³-hybridized carbons (Fsp3) is 0.179. The molecule has 0 aliphatic rings. The van der Waals surface area contributed by atoms with Crippen molar-refractivity contribution in [3.63, 3.8) is 0 Å². The molecule has 0 amide bonds. The van der Waals surface area contributed by atoms with Gasteiger partial charge in [0, 0.05) is 70.9 Å². The second-order valence-corrected chi connectivity index (χ2v) is 38.2. The van der Waals surface area contributed by atoms with Crippen LogP contribution in [-0.4, -0.2) is 22.8 Å². The van der Waals surface area contributed by atoms with Gasteiger partial charge in [-0.25, -0.2) is 0 Å². The number of benzene rings is 16. The van der Waals surface area contributed by atoms with E-state index in [4.69, 9.17) is 5.48 Å². The zero-order valence-electron chi connectivity index (χ0n) is 77.0. The fourth-order valence-corrected chi connectivity index (χ4v) is 19.4. The van der Waals surface area contributed by atoms with Crippen LogP contribution in [0.15, 0.2) is 358 Å². The van der Waals surface area contributed by atoms with Gasteiger partial charge in [-0.3, -0.25) is 0 Å². The number of aromatic nitrogens is 5. The molecule has 5 heterocycles. The van der Waals surface area contributed by atoms with Gasteiger partial charge in [-0.2, -0.15) is 0 Å². The van der Waals surface area contributed by atoms with Crippen molar-refractivity contribution >= 4 is 109 Å². The van der Waals surface area contributed by atoms with Gasteiger partial charge in [-0.1, -0.05) is 346 Å². The molecular weight excluding hydrogens is 1480 g/mol. The van der Waals surface area contributed by atoms with E-state index in [2.05, 4.69) is 430 Å². The van der Waals surface area contributed by atoms with Gasteiger partial charge in [0.25, 0.3) is 0 Å². The van der Waals surface area contributed by atoms with Gasteiger partial charge in [0.1, 0.15) is 0 Å². The predicted octanol–water partition coefficient (Wildman–Crippen LogP) is 32.3. The van der Waals surface area contributed by atoms with Crippen LogP contribution < -0.4 is 0 Å². The number of nitrogens with zero attached hydrogens (tertiary/aromatic N) is 5. The molecule has 5 aromatic heterocycles. The van der Waals surface area contributed by atoms with Crippen molar-refractivity contribution in [1.29, 1.82) is 0 Å². The van der Waals surface area contributed by atoms with E-state index in [1.54, 1.807) is 6.92 Å². The number of rotatable bonds is 8. The third-order valence-electron chi connectivity index (χ3n) is 24.8. The molecule has 0 saturated carbocycles. The summed E-state index contributed by atoms with van der Waals surface area (Å²) in [7, 11) is 0. The summed E-state index contributed by atoms with van der Waals surface area (Å²) in [6.07, 6.45) is 0. The highest BCUT2D eigenvalue weighted by Gasteiger charge is 2.33. The molecule has 16 aromatic carbocycles. The van der Waals surface area contributed by atoms with Crippen LogP contribution in [0.25, 0.3) is 171 Å². The highest BCUT2D eigenvalue weighted by atomic mass is 15.0. The smallest absolute Gasteiger partial charge is 0.0632 e. The summed E-state index contributed by atoms with van der Waals surface area (Å²) in [6.45, 7) is 36.4. The topological polar surface area (TPSA) is 24.6 Å². The largest absolute Gasteiger partial charge is 0.309 e. The molecule has 600 valence electrons. The number of hydrogen-bond acceptors (Lipinski definition) is 0. The molecule has 5 heteroatoms. The molecule has 5 nitrogen and oxygen atoms in total.